The summed E-state index contributed by atoms with van der Waals surface area (Å²) in [5.74, 6) is 0. The van der Waals surface area contributed by atoms with E-state index in [-0.39, 0.29) is 35.4 Å². The maximum atomic E-state index is 12.8. The van der Waals surface area contributed by atoms with E-state index in [1.54, 1.807) is 0 Å². The average Bonchev–Trinajstić information content (AvgIpc) is 2.17. The lowest BCUT2D eigenvalue weighted by molar-refractivity contribution is -0.868. The maximum Gasteiger partial charge on any atom is 0.418 e. The van der Waals surface area contributed by atoms with Crippen molar-refractivity contribution in [3.05, 3.63) is 23.8 Å². The third kappa shape index (κ3) is 6.33. The summed E-state index contributed by atoms with van der Waals surface area (Å²) < 4.78 is 39.1. The minimum atomic E-state index is -4.39. The van der Waals surface area contributed by atoms with Gasteiger partial charge in [0.2, 0.25) is 0 Å². The minimum absolute atomic E-state index is 0. The van der Waals surface area contributed by atoms with Gasteiger partial charge in [-0.25, -0.2) is 0 Å². The second kappa shape index (κ2) is 6.65. The Bertz CT molecular complexity index is 414. The van der Waals surface area contributed by atoms with E-state index in [4.69, 9.17) is 5.73 Å². The summed E-state index contributed by atoms with van der Waals surface area (Å²) in [6, 6.07) is 3.78. The molecule has 0 bridgehead atoms. The molecule has 3 nitrogen and oxygen atoms in total. The van der Waals surface area contributed by atoms with Gasteiger partial charge in [-0.05, 0) is 18.2 Å². The number of rotatable bonds is 4. The average molecular weight is 389 g/mol. The van der Waals surface area contributed by atoms with Crippen LogP contribution in [0.3, 0.4) is 0 Å². The monoisotopic (exact) mass is 389 g/mol. The summed E-state index contributed by atoms with van der Waals surface area (Å²) in [7, 11) is 5.94. The highest BCUT2D eigenvalue weighted by Gasteiger charge is 2.33. The van der Waals surface area contributed by atoms with Gasteiger partial charge in [-0.2, -0.15) is 13.2 Å². The molecule has 1 rings (SSSR count). The Labute approximate surface area is 128 Å². The quantitative estimate of drug-likeness (QED) is 0.411. The van der Waals surface area contributed by atoms with Gasteiger partial charge >= 0.3 is 6.18 Å². The van der Waals surface area contributed by atoms with Gasteiger partial charge in [0.1, 0.15) is 0 Å². The summed E-state index contributed by atoms with van der Waals surface area (Å²) in [4.78, 5) is 0. The highest BCUT2D eigenvalue weighted by Crippen LogP contribution is 2.35. The van der Waals surface area contributed by atoms with Crippen LogP contribution in [0, 0.1) is 0 Å². The predicted molar refractivity (Wildman–Crippen MR) is 67.2 cm³/mol. The summed E-state index contributed by atoms with van der Waals surface area (Å²) in [6.07, 6.45) is -4.39. The van der Waals surface area contributed by atoms with Crippen molar-refractivity contribution in [3.63, 3.8) is 0 Å². The SMILES string of the molecule is C[N+](C)(C)CCNc1ccc(N)cc1C(F)(F)F.[I-]. The van der Waals surface area contributed by atoms with E-state index in [2.05, 4.69) is 5.32 Å². The summed E-state index contributed by atoms with van der Waals surface area (Å²) >= 11 is 0. The number of hydrogen-bond acceptors (Lipinski definition) is 2. The number of nitrogen functional groups attached to an aromatic ring is 1. The predicted octanol–water partition coefficient (Wildman–Crippen LogP) is -0.590. The highest BCUT2D eigenvalue weighted by atomic mass is 127. The molecule has 110 valence electrons. The van der Waals surface area contributed by atoms with E-state index in [9.17, 15) is 13.2 Å². The van der Waals surface area contributed by atoms with Crippen molar-refractivity contribution < 1.29 is 41.6 Å². The third-order valence-electron chi connectivity index (χ3n) is 2.45. The van der Waals surface area contributed by atoms with Crippen LogP contribution in [-0.2, 0) is 6.18 Å². The van der Waals surface area contributed by atoms with Crippen LogP contribution < -0.4 is 35.0 Å². The number of likely N-dealkylation sites (N-methyl/N-ethyl adjacent to an activating group) is 1. The van der Waals surface area contributed by atoms with Crippen molar-refractivity contribution in [3.8, 4) is 0 Å². The van der Waals surface area contributed by atoms with Crippen LogP contribution in [0.1, 0.15) is 5.56 Å². The number of nitrogens with two attached hydrogens (primary N) is 1. The van der Waals surface area contributed by atoms with Crippen molar-refractivity contribution in [2.24, 2.45) is 0 Å². The molecule has 0 unspecified atom stereocenters. The molecule has 0 aliphatic carbocycles. The molecule has 0 aromatic heterocycles. The van der Waals surface area contributed by atoms with E-state index in [1.165, 1.54) is 12.1 Å². The van der Waals surface area contributed by atoms with Gasteiger partial charge in [0, 0.05) is 11.4 Å². The molecule has 0 saturated carbocycles. The molecule has 0 fully saturated rings. The number of nitrogens with zero attached hydrogens (tertiary/aromatic N) is 1. The van der Waals surface area contributed by atoms with Gasteiger partial charge in [-0.3, -0.25) is 0 Å². The fourth-order valence-electron chi connectivity index (χ4n) is 1.48. The topological polar surface area (TPSA) is 38.0 Å². The van der Waals surface area contributed by atoms with Crippen LogP contribution in [0.4, 0.5) is 24.5 Å². The largest absolute Gasteiger partial charge is 1.00 e. The summed E-state index contributed by atoms with van der Waals surface area (Å²) in [5, 5.41) is 2.81. The van der Waals surface area contributed by atoms with Crippen molar-refractivity contribution in [2.75, 3.05) is 45.3 Å². The molecule has 19 heavy (non-hydrogen) atoms. The second-order valence-electron chi connectivity index (χ2n) is 5.24. The van der Waals surface area contributed by atoms with Crippen molar-refractivity contribution in [1.29, 1.82) is 0 Å². The molecule has 3 N–H and O–H groups in total. The maximum absolute atomic E-state index is 12.8. The van der Waals surface area contributed by atoms with E-state index < -0.39 is 11.7 Å². The Balaban J connectivity index is 0.00000324. The molecule has 1 aromatic carbocycles. The van der Waals surface area contributed by atoms with Crippen LogP contribution in [0.5, 0.6) is 0 Å². The minimum Gasteiger partial charge on any atom is -1.00 e. The van der Waals surface area contributed by atoms with Crippen LogP contribution in [-0.4, -0.2) is 38.7 Å². The number of halogens is 4. The third-order valence-corrected chi connectivity index (χ3v) is 2.45. The molecule has 0 saturated heterocycles. The Morgan fingerprint density at radius 1 is 1.21 bits per heavy atom. The summed E-state index contributed by atoms with van der Waals surface area (Å²) in [6.45, 7) is 1.19. The van der Waals surface area contributed by atoms with E-state index in [0.29, 0.717) is 11.0 Å². The standard InChI is InChI=1S/C12H19F3N3.HI/c1-18(2,3)7-6-17-11-5-4-9(16)8-10(11)12(13,14)15;/h4-5,8,17H,6-7,16H2,1-3H3;1H/q+1;/p-1. The number of nitrogens with one attached hydrogen (secondary N) is 1. The highest BCUT2D eigenvalue weighted by molar-refractivity contribution is 5.59. The first kappa shape index (κ1) is 18.3. The van der Waals surface area contributed by atoms with Gasteiger partial charge in [0.25, 0.3) is 0 Å². The molecular formula is C12H19F3IN3. The Kier molecular flexibility index (Phi) is 6.40. The number of benzene rings is 1. The number of quaternary nitrogens is 1. The van der Waals surface area contributed by atoms with Crippen molar-refractivity contribution in [1.82, 2.24) is 0 Å². The molecule has 0 radical (unpaired) electrons. The smallest absolute Gasteiger partial charge is 0.418 e. The van der Waals surface area contributed by atoms with E-state index >= 15 is 0 Å². The number of alkyl halides is 3. The van der Waals surface area contributed by atoms with Crippen LogP contribution in [0.15, 0.2) is 18.2 Å². The molecule has 7 heteroatoms. The lowest BCUT2D eigenvalue weighted by atomic mass is 10.1. The first-order valence-corrected chi connectivity index (χ1v) is 5.61. The van der Waals surface area contributed by atoms with Crippen molar-refractivity contribution in [2.45, 2.75) is 6.18 Å². The fraction of sp³-hybridized carbons (Fsp3) is 0.500. The zero-order valence-corrected chi connectivity index (χ0v) is 13.3. The van der Waals surface area contributed by atoms with Crippen LogP contribution in [0.2, 0.25) is 0 Å². The van der Waals surface area contributed by atoms with E-state index in [0.717, 1.165) is 12.6 Å². The number of hydrogen-bond donors (Lipinski definition) is 2. The van der Waals surface area contributed by atoms with Gasteiger partial charge in [-0.1, -0.05) is 0 Å². The normalized spacial score (nSPS) is 11.9. The lowest BCUT2D eigenvalue weighted by Gasteiger charge is -2.24. The molecule has 0 atom stereocenters. The molecule has 0 aliphatic rings. The summed E-state index contributed by atoms with van der Waals surface area (Å²) in [5.41, 5.74) is 4.86. The second-order valence-corrected chi connectivity index (χ2v) is 5.24. The van der Waals surface area contributed by atoms with E-state index in [1.807, 2.05) is 21.1 Å². The zero-order chi connectivity index (χ0) is 14.0. The Hall–Kier alpha value is -0.700. The lowest BCUT2D eigenvalue weighted by Crippen LogP contribution is -3.00. The molecule has 1 aromatic rings. The van der Waals surface area contributed by atoms with Crippen LogP contribution in [0.25, 0.3) is 0 Å². The fourth-order valence-corrected chi connectivity index (χ4v) is 1.48. The first-order valence-electron chi connectivity index (χ1n) is 5.61. The Morgan fingerprint density at radius 3 is 2.26 bits per heavy atom. The first-order chi connectivity index (χ1) is 8.09. The van der Waals surface area contributed by atoms with Gasteiger partial charge in [0.15, 0.2) is 0 Å². The van der Waals surface area contributed by atoms with Crippen LogP contribution >= 0.6 is 0 Å². The molecule has 0 aliphatic heterocycles. The molecular weight excluding hydrogens is 370 g/mol. The zero-order valence-electron chi connectivity index (χ0n) is 11.2. The van der Waals surface area contributed by atoms with Gasteiger partial charge in [-0.15, -0.1) is 0 Å². The number of anilines is 2. The Morgan fingerprint density at radius 2 is 1.79 bits per heavy atom. The molecule has 0 spiro atoms. The van der Waals surface area contributed by atoms with Gasteiger partial charge < -0.3 is 39.5 Å². The van der Waals surface area contributed by atoms with Gasteiger partial charge in [0.05, 0.1) is 39.8 Å². The van der Waals surface area contributed by atoms with Crippen molar-refractivity contribution >= 4 is 11.4 Å². The molecule has 0 amide bonds. The molecule has 0 heterocycles.